The third-order valence-corrected chi connectivity index (χ3v) is 4.89. The number of carbonyl (C=O) groups is 3. The molecule has 2 rings (SSSR count). The van der Waals surface area contributed by atoms with Gasteiger partial charge >= 0.3 is 5.97 Å². The number of amides is 2. The van der Waals surface area contributed by atoms with Crippen LogP contribution in [-0.2, 0) is 19.1 Å². The Morgan fingerprint density at radius 1 is 1.19 bits per heavy atom. The summed E-state index contributed by atoms with van der Waals surface area (Å²) >= 11 is 8.00. The molecule has 0 saturated heterocycles. The summed E-state index contributed by atoms with van der Waals surface area (Å²) in [5, 5.41) is 6.79. The number of esters is 1. The quantitative estimate of drug-likeness (QED) is 0.148. The van der Waals surface area contributed by atoms with E-state index in [9.17, 15) is 14.4 Å². The Morgan fingerprint density at radius 2 is 1.94 bits per heavy atom. The first kappa shape index (κ1) is 25.4. The lowest BCUT2D eigenvalue weighted by Crippen LogP contribution is -2.24. The van der Waals surface area contributed by atoms with E-state index in [1.807, 2.05) is 22.6 Å². The number of para-hydroxylation sites is 1. The first-order valence-corrected chi connectivity index (χ1v) is 10.8. The maximum Gasteiger partial charge on any atom is 0.344 e. The fraction of sp³-hybridized carbons (Fsp3) is 0.238. The molecule has 0 saturated carbocycles. The number of benzene rings is 2. The van der Waals surface area contributed by atoms with E-state index in [1.54, 1.807) is 43.3 Å². The van der Waals surface area contributed by atoms with Crippen LogP contribution in [0.5, 0.6) is 11.5 Å². The van der Waals surface area contributed by atoms with Crippen LogP contribution >= 0.6 is 34.2 Å². The van der Waals surface area contributed by atoms with E-state index in [-0.39, 0.29) is 13.2 Å². The molecule has 32 heavy (non-hydrogen) atoms. The lowest BCUT2D eigenvalue weighted by atomic mass is 10.2. The Kier molecular flexibility index (Phi) is 10.2. The van der Waals surface area contributed by atoms with Crippen molar-refractivity contribution in [3.05, 3.63) is 50.6 Å². The number of hydrogen-bond donors (Lipinski definition) is 2. The van der Waals surface area contributed by atoms with Gasteiger partial charge in [-0.1, -0.05) is 23.7 Å². The number of hydrogen-bond acceptors (Lipinski definition) is 7. The van der Waals surface area contributed by atoms with Crippen LogP contribution in [0.15, 0.2) is 41.5 Å². The molecule has 11 heteroatoms. The van der Waals surface area contributed by atoms with Gasteiger partial charge in [0.15, 0.2) is 18.1 Å². The van der Waals surface area contributed by atoms with Crippen LogP contribution in [0.25, 0.3) is 0 Å². The zero-order chi connectivity index (χ0) is 23.5. The van der Waals surface area contributed by atoms with Crippen molar-refractivity contribution in [2.24, 2.45) is 5.10 Å². The van der Waals surface area contributed by atoms with Gasteiger partial charge in [0.05, 0.1) is 34.2 Å². The van der Waals surface area contributed by atoms with Crippen molar-refractivity contribution in [1.82, 2.24) is 5.43 Å². The maximum atomic E-state index is 12.0. The molecular formula is C21H21ClIN3O6. The van der Waals surface area contributed by atoms with Gasteiger partial charge in [-0.2, -0.15) is 5.10 Å². The summed E-state index contributed by atoms with van der Waals surface area (Å²) < 4.78 is 16.3. The Bertz CT molecular complexity index is 1020. The molecule has 0 aliphatic rings. The highest BCUT2D eigenvalue weighted by molar-refractivity contribution is 14.1. The summed E-state index contributed by atoms with van der Waals surface area (Å²) in [4.78, 5) is 35.4. The van der Waals surface area contributed by atoms with Crippen LogP contribution in [0.4, 0.5) is 5.69 Å². The zero-order valence-electron chi connectivity index (χ0n) is 17.3. The number of hydrazone groups is 1. The average molecular weight is 574 g/mol. The van der Waals surface area contributed by atoms with Crippen molar-refractivity contribution < 1.29 is 28.6 Å². The van der Waals surface area contributed by atoms with Crippen molar-refractivity contribution in [2.45, 2.75) is 13.3 Å². The minimum atomic E-state index is -0.596. The molecule has 0 aliphatic carbocycles. The summed E-state index contributed by atoms with van der Waals surface area (Å²) in [6, 6.07) is 10.1. The van der Waals surface area contributed by atoms with Gasteiger partial charge in [0, 0.05) is 0 Å². The molecule has 0 fully saturated rings. The van der Waals surface area contributed by atoms with Gasteiger partial charge in [-0.25, -0.2) is 10.2 Å². The molecule has 170 valence electrons. The van der Waals surface area contributed by atoms with Crippen LogP contribution in [0.1, 0.15) is 18.9 Å². The fourth-order valence-electron chi connectivity index (χ4n) is 2.41. The van der Waals surface area contributed by atoms with Gasteiger partial charge in [-0.15, -0.1) is 0 Å². The highest BCUT2D eigenvalue weighted by Crippen LogP contribution is 2.33. The third-order valence-electron chi connectivity index (χ3n) is 3.76. The monoisotopic (exact) mass is 573 g/mol. The summed E-state index contributed by atoms with van der Waals surface area (Å²) in [6.07, 6.45) is 0.966. The smallest absolute Gasteiger partial charge is 0.344 e. The standard InChI is InChI=1S/C21H21ClIN3O6/c1-3-31-20(29)12-32-21-15(23)8-13(9-17(21)30-2)11-24-26-19(28)10-18(27)25-16-7-5-4-6-14(16)22/h4-9,11H,3,10,12H2,1-2H3,(H,25,27)(H,26,28). The maximum absolute atomic E-state index is 12.0. The van der Waals surface area contributed by atoms with E-state index in [0.717, 1.165) is 0 Å². The van der Waals surface area contributed by atoms with E-state index in [2.05, 4.69) is 15.8 Å². The first-order chi connectivity index (χ1) is 15.3. The molecule has 2 amide bonds. The summed E-state index contributed by atoms with van der Waals surface area (Å²) in [7, 11) is 1.46. The van der Waals surface area contributed by atoms with Crippen LogP contribution in [-0.4, -0.2) is 44.3 Å². The largest absolute Gasteiger partial charge is 0.493 e. The van der Waals surface area contributed by atoms with Crippen molar-refractivity contribution in [2.75, 3.05) is 25.6 Å². The van der Waals surface area contributed by atoms with Gasteiger partial charge < -0.3 is 19.5 Å². The molecule has 0 radical (unpaired) electrons. The zero-order valence-corrected chi connectivity index (χ0v) is 20.2. The number of halogens is 2. The summed E-state index contributed by atoms with van der Waals surface area (Å²) in [6.45, 7) is 1.72. The van der Waals surface area contributed by atoms with Crippen molar-refractivity contribution in [3.63, 3.8) is 0 Å². The highest BCUT2D eigenvalue weighted by Gasteiger charge is 2.14. The lowest BCUT2D eigenvalue weighted by Gasteiger charge is -2.13. The number of methoxy groups -OCH3 is 1. The van der Waals surface area contributed by atoms with Gasteiger partial charge in [-0.05, 0) is 59.3 Å². The van der Waals surface area contributed by atoms with Crippen molar-refractivity contribution in [3.8, 4) is 11.5 Å². The molecule has 0 heterocycles. The molecule has 0 bridgehead atoms. The minimum Gasteiger partial charge on any atom is -0.493 e. The fourth-order valence-corrected chi connectivity index (χ4v) is 3.37. The summed E-state index contributed by atoms with van der Waals surface area (Å²) in [5.74, 6) is -0.837. The van der Waals surface area contributed by atoms with E-state index >= 15 is 0 Å². The second kappa shape index (κ2) is 12.9. The Balaban J connectivity index is 1.93. The number of nitrogens with one attached hydrogen (secondary N) is 2. The molecule has 2 aromatic carbocycles. The minimum absolute atomic E-state index is 0.250. The molecule has 0 aliphatic heterocycles. The Hall–Kier alpha value is -2.86. The molecule has 2 aromatic rings. The molecule has 0 spiro atoms. The number of nitrogens with zero attached hydrogens (tertiary/aromatic N) is 1. The van der Waals surface area contributed by atoms with E-state index < -0.39 is 24.2 Å². The van der Waals surface area contributed by atoms with E-state index in [1.165, 1.54) is 13.3 Å². The number of rotatable bonds is 10. The van der Waals surface area contributed by atoms with Gasteiger partial charge in [0.25, 0.3) is 0 Å². The van der Waals surface area contributed by atoms with Gasteiger partial charge in [0.2, 0.25) is 11.8 Å². The predicted octanol–water partition coefficient (Wildman–Crippen LogP) is 3.37. The Labute approximate surface area is 203 Å². The van der Waals surface area contributed by atoms with Gasteiger partial charge in [-0.3, -0.25) is 9.59 Å². The number of anilines is 1. The van der Waals surface area contributed by atoms with E-state index in [0.29, 0.717) is 31.3 Å². The molecular weight excluding hydrogens is 553 g/mol. The molecule has 0 aromatic heterocycles. The number of carbonyl (C=O) groups excluding carboxylic acids is 3. The molecule has 9 nitrogen and oxygen atoms in total. The van der Waals surface area contributed by atoms with Crippen molar-refractivity contribution in [1.29, 1.82) is 0 Å². The number of ether oxygens (including phenoxy) is 3. The average Bonchev–Trinajstić information content (AvgIpc) is 2.74. The third kappa shape index (κ3) is 8.00. The molecule has 0 unspecified atom stereocenters. The van der Waals surface area contributed by atoms with Crippen LogP contribution in [0.2, 0.25) is 5.02 Å². The predicted molar refractivity (Wildman–Crippen MR) is 128 cm³/mol. The summed E-state index contributed by atoms with van der Waals surface area (Å²) in [5.41, 5.74) is 3.32. The van der Waals surface area contributed by atoms with Crippen LogP contribution in [0, 0.1) is 3.57 Å². The van der Waals surface area contributed by atoms with Crippen molar-refractivity contribution >= 4 is 63.9 Å². The van der Waals surface area contributed by atoms with Crippen LogP contribution in [0.3, 0.4) is 0 Å². The second-order valence-corrected chi connectivity index (χ2v) is 7.70. The molecule has 2 N–H and O–H groups in total. The van der Waals surface area contributed by atoms with Gasteiger partial charge in [0.1, 0.15) is 6.42 Å². The topological polar surface area (TPSA) is 115 Å². The lowest BCUT2D eigenvalue weighted by molar-refractivity contribution is -0.145. The first-order valence-electron chi connectivity index (χ1n) is 9.36. The SMILES string of the molecule is CCOC(=O)COc1c(I)cc(C=NNC(=O)CC(=O)Nc2ccccc2Cl)cc1OC. The Morgan fingerprint density at radius 3 is 2.62 bits per heavy atom. The normalized spacial score (nSPS) is 10.5. The second-order valence-electron chi connectivity index (χ2n) is 6.13. The molecule has 0 atom stereocenters. The van der Waals surface area contributed by atoms with Crippen LogP contribution < -0.4 is 20.2 Å². The van der Waals surface area contributed by atoms with E-state index in [4.69, 9.17) is 25.8 Å². The highest BCUT2D eigenvalue weighted by atomic mass is 127.